The summed E-state index contributed by atoms with van der Waals surface area (Å²) < 4.78 is 5.21. The van der Waals surface area contributed by atoms with E-state index in [2.05, 4.69) is 11.1 Å². The summed E-state index contributed by atoms with van der Waals surface area (Å²) in [5.74, 6) is 0.768. The first-order chi connectivity index (χ1) is 10.8. The Labute approximate surface area is 136 Å². The predicted molar refractivity (Wildman–Crippen MR) is 91.9 cm³/mol. The Bertz CT molecular complexity index is 842. The third-order valence-corrected chi connectivity index (χ3v) is 4.80. The van der Waals surface area contributed by atoms with Crippen LogP contribution in [0.25, 0.3) is 22.2 Å². The Morgan fingerprint density at radius 2 is 2.18 bits per heavy atom. The number of benzene rings is 1. The molecule has 0 saturated carbocycles. The number of allylic oxidation sites excluding steroid dienone is 1. The SMILES string of the molecule is COc1cccc(/C=C(\C#N)c2nc(-c3cccs3)cs2)c1. The first kappa shape index (κ1) is 14.5. The van der Waals surface area contributed by atoms with Gasteiger partial charge in [0.1, 0.15) is 16.8 Å². The van der Waals surface area contributed by atoms with Crippen molar-refractivity contribution in [1.82, 2.24) is 4.98 Å². The van der Waals surface area contributed by atoms with Crippen LogP contribution in [0, 0.1) is 11.3 Å². The van der Waals surface area contributed by atoms with Crippen LogP contribution in [-0.2, 0) is 0 Å². The van der Waals surface area contributed by atoms with Gasteiger partial charge >= 0.3 is 0 Å². The van der Waals surface area contributed by atoms with Gasteiger partial charge in [0.15, 0.2) is 0 Å². The van der Waals surface area contributed by atoms with Gasteiger partial charge in [-0.15, -0.1) is 22.7 Å². The average molecular weight is 324 g/mol. The van der Waals surface area contributed by atoms with E-state index < -0.39 is 0 Å². The fourth-order valence-electron chi connectivity index (χ4n) is 1.97. The molecule has 5 heteroatoms. The lowest BCUT2D eigenvalue weighted by Crippen LogP contribution is -1.84. The Kier molecular flexibility index (Phi) is 4.33. The second kappa shape index (κ2) is 6.56. The Morgan fingerprint density at radius 3 is 2.91 bits per heavy atom. The lowest BCUT2D eigenvalue weighted by molar-refractivity contribution is 0.414. The molecular weight excluding hydrogens is 312 g/mol. The van der Waals surface area contributed by atoms with Gasteiger partial charge in [0.2, 0.25) is 0 Å². The van der Waals surface area contributed by atoms with Crippen LogP contribution >= 0.6 is 22.7 Å². The van der Waals surface area contributed by atoms with Crippen molar-refractivity contribution in [2.45, 2.75) is 0 Å². The molecule has 0 spiro atoms. The first-order valence-electron chi connectivity index (χ1n) is 6.56. The zero-order valence-corrected chi connectivity index (χ0v) is 13.4. The molecule has 0 saturated heterocycles. The van der Waals surface area contributed by atoms with Crippen LogP contribution in [0.4, 0.5) is 0 Å². The minimum atomic E-state index is 0.557. The van der Waals surface area contributed by atoms with Crippen LogP contribution in [0.2, 0.25) is 0 Å². The molecule has 0 atom stereocenters. The van der Waals surface area contributed by atoms with Crippen molar-refractivity contribution in [3.05, 3.63) is 57.7 Å². The number of rotatable bonds is 4. The minimum Gasteiger partial charge on any atom is -0.497 e. The number of methoxy groups -OCH3 is 1. The van der Waals surface area contributed by atoms with Crippen molar-refractivity contribution in [2.75, 3.05) is 7.11 Å². The van der Waals surface area contributed by atoms with Crippen LogP contribution in [0.15, 0.2) is 47.2 Å². The zero-order chi connectivity index (χ0) is 15.4. The number of nitriles is 1. The summed E-state index contributed by atoms with van der Waals surface area (Å²) in [5.41, 5.74) is 2.40. The predicted octanol–water partition coefficient (Wildman–Crippen LogP) is 4.94. The van der Waals surface area contributed by atoms with Gasteiger partial charge in [-0.2, -0.15) is 5.26 Å². The second-order valence-electron chi connectivity index (χ2n) is 4.46. The molecule has 0 unspecified atom stereocenters. The first-order valence-corrected chi connectivity index (χ1v) is 8.31. The molecule has 0 fully saturated rings. The Hall–Kier alpha value is -2.42. The summed E-state index contributed by atoms with van der Waals surface area (Å²) >= 11 is 3.13. The van der Waals surface area contributed by atoms with Gasteiger partial charge in [0, 0.05) is 5.38 Å². The molecule has 2 heterocycles. The number of aromatic nitrogens is 1. The van der Waals surface area contributed by atoms with E-state index in [9.17, 15) is 5.26 Å². The fraction of sp³-hybridized carbons (Fsp3) is 0.0588. The number of thiazole rings is 1. The molecule has 108 valence electrons. The molecule has 3 aromatic rings. The van der Waals surface area contributed by atoms with E-state index in [1.54, 1.807) is 18.4 Å². The van der Waals surface area contributed by atoms with Crippen molar-refractivity contribution < 1.29 is 4.74 Å². The van der Waals surface area contributed by atoms with Crippen molar-refractivity contribution >= 4 is 34.3 Å². The highest BCUT2D eigenvalue weighted by atomic mass is 32.1. The molecule has 0 aliphatic heterocycles. The van der Waals surface area contributed by atoms with Gasteiger partial charge < -0.3 is 4.74 Å². The third kappa shape index (κ3) is 3.08. The molecule has 0 N–H and O–H groups in total. The van der Waals surface area contributed by atoms with Crippen molar-refractivity contribution in [1.29, 1.82) is 5.26 Å². The monoisotopic (exact) mass is 324 g/mol. The van der Waals surface area contributed by atoms with E-state index in [-0.39, 0.29) is 0 Å². The number of nitrogens with zero attached hydrogens (tertiary/aromatic N) is 2. The van der Waals surface area contributed by atoms with Gasteiger partial charge in [0.25, 0.3) is 0 Å². The molecule has 3 rings (SSSR count). The molecule has 0 aliphatic rings. The number of thiophene rings is 1. The summed E-state index contributed by atoms with van der Waals surface area (Å²) in [6.45, 7) is 0. The smallest absolute Gasteiger partial charge is 0.134 e. The number of hydrogen-bond acceptors (Lipinski definition) is 5. The molecule has 3 nitrogen and oxygen atoms in total. The highest BCUT2D eigenvalue weighted by Gasteiger charge is 2.09. The average Bonchev–Trinajstić information content (AvgIpc) is 3.23. The quantitative estimate of drug-likeness (QED) is 0.638. The van der Waals surface area contributed by atoms with E-state index in [0.717, 1.165) is 26.9 Å². The highest BCUT2D eigenvalue weighted by Crippen LogP contribution is 2.29. The van der Waals surface area contributed by atoms with Gasteiger partial charge in [-0.05, 0) is 35.2 Å². The zero-order valence-electron chi connectivity index (χ0n) is 11.8. The largest absolute Gasteiger partial charge is 0.497 e. The lowest BCUT2D eigenvalue weighted by Gasteiger charge is -2.00. The van der Waals surface area contributed by atoms with Crippen molar-refractivity contribution in [3.8, 4) is 22.4 Å². The minimum absolute atomic E-state index is 0.557. The second-order valence-corrected chi connectivity index (χ2v) is 6.27. The Balaban J connectivity index is 1.94. The van der Waals surface area contributed by atoms with Crippen molar-refractivity contribution in [3.63, 3.8) is 0 Å². The topological polar surface area (TPSA) is 45.9 Å². The molecule has 0 radical (unpaired) electrons. The maximum Gasteiger partial charge on any atom is 0.134 e. The maximum atomic E-state index is 9.43. The van der Waals surface area contributed by atoms with Gasteiger partial charge in [0.05, 0.1) is 23.3 Å². The third-order valence-electron chi connectivity index (χ3n) is 3.03. The summed E-state index contributed by atoms with van der Waals surface area (Å²) in [6.07, 6.45) is 1.83. The van der Waals surface area contributed by atoms with Gasteiger partial charge in [-0.25, -0.2) is 4.98 Å². The molecule has 0 aliphatic carbocycles. The molecule has 0 bridgehead atoms. The normalized spacial score (nSPS) is 11.2. The van der Waals surface area contributed by atoms with Crippen LogP contribution in [0.5, 0.6) is 5.75 Å². The van der Waals surface area contributed by atoms with Crippen molar-refractivity contribution in [2.24, 2.45) is 0 Å². The molecule has 1 aromatic carbocycles. The fourth-order valence-corrected chi connectivity index (χ4v) is 3.52. The van der Waals surface area contributed by atoms with Gasteiger partial charge in [-0.1, -0.05) is 18.2 Å². The van der Waals surface area contributed by atoms with Crippen LogP contribution < -0.4 is 4.74 Å². The molecule has 22 heavy (non-hydrogen) atoms. The van der Waals surface area contributed by atoms with Crippen LogP contribution in [-0.4, -0.2) is 12.1 Å². The van der Waals surface area contributed by atoms with E-state index in [0.29, 0.717) is 5.57 Å². The summed E-state index contributed by atoms with van der Waals surface area (Å²) in [4.78, 5) is 5.68. The standard InChI is InChI=1S/C17H12N2OS2/c1-20-14-5-2-4-12(9-14)8-13(10-18)17-19-15(11-22-17)16-6-3-7-21-16/h2-9,11H,1H3/b13-8+. The van der Waals surface area contributed by atoms with Crippen LogP contribution in [0.1, 0.15) is 10.6 Å². The van der Waals surface area contributed by atoms with Gasteiger partial charge in [-0.3, -0.25) is 0 Å². The maximum absolute atomic E-state index is 9.43. The number of ether oxygens (including phenoxy) is 1. The van der Waals surface area contributed by atoms with E-state index >= 15 is 0 Å². The Morgan fingerprint density at radius 1 is 1.27 bits per heavy atom. The van der Waals surface area contributed by atoms with E-state index in [4.69, 9.17) is 4.74 Å². The lowest BCUT2D eigenvalue weighted by atomic mass is 10.1. The molecule has 2 aromatic heterocycles. The molecular formula is C17H12N2OS2. The summed E-state index contributed by atoms with van der Waals surface area (Å²) in [6, 6.07) is 13.9. The summed E-state index contributed by atoms with van der Waals surface area (Å²) in [7, 11) is 1.63. The van der Waals surface area contributed by atoms with Crippen LogP contribution in [0.3, 0.4) is 0 Å². The van der Waals surface area contributed by atoms with E-state index in [1.807, 2.05) is 53.2 Å². The number of hydrogen-bond donors (Lipinski definition) is 0. The highest BCUT2D eigenvalue weighted by molar-refractivity contribution is 7.14. The summed E-state index contributed by atoms with van der Waals surface area (Å²) in [5, 5.41) is 14.2. The van der Waals surface area contributed by atoms with E-state index in [1.165, 1.54) is 11.3 Å². The molecule has 0 amide bonds.